The van der Waals surface area contributed by atoms with Crippen molar-refractivity contribution in [2.75, 3.05) is 5.32 Å². The van der Waals surface area contributed by atoms with Crippen LogP contribution in [0.15, 0.2) is 36.4 Å². The van der Waals surface area contributed by atoms with Crippen LogP contribution in [0.25, 0.3) is 0 Å². The molecule has 1 amide bonds. The summed E-state index contributed by atoms with van der Waals surface area (Å²) in [6.45, 7) is 4.19. The van der Waals surface area contributed by atoms with E-state index in [9.17, 15) is 9.90 Å². The molecule has 0 radical (unpaired) electrons. The quantitative estimate of drug-likeness (QED) is 0.482. The Hall–Kier alpha value is -1.82. The number of nitrogens with one attached hydrogen (secondary N) is 2. The van der Waals surface area contributed by atoms with Gasteiger partial charge in [-0.3, -0.25) is 10.1 Å². The summed E-state index contributed by atoms with van der Waals surface area (Å²) in [5.74, 6) is -0.0210. The molecule has 0 saturated carbocycles. The average molecular weight is 397 g/mol. The molecule has 1 atom stereocenters. The Morgan fingerprint density at radius 2 is 1.92 bits per heavy atom. The van der Waals surface area contributed by atoms with E-state index in [1.54, 1.807) is 12.1 Å². The molecule has 2 rings (SSSR count). The maximum atomic E-state index is 12.2. The molecule has 0 aliphatic carbocycles. The van der Waals surface area contributed by atoms with Crippen molar-refractivity contribution in [3.63, 3.8) is 0 Å². The van der Waals surface area contributed by atoms with Gasteiger partial charge in [0.1, 0.15) is 5.75 Å². The molecule has 0 bridgehead atoms. The first-order valence-corrected chi connectivity index (χ1v) is 8.88. The van der Waals surface area contributed by atoms with Crippen LogP contribution in [0.1, 0.15) is 42.1 Å². The Bertz CT molecular complexity index is 812. The molecule has 0 fully saturated rings. The highest BCUT2D eigenvalue weighted by atomic mass is 35.5. The van der Waals surface area contributed by atoms with Crippen LogP contribution in [0.4, 0.5) is 5.69 Å². The minimum absolute atomic E-state index is 0.0539. The molecule has 2 aromatic rings. The van der Waals surface area contributed by atoms with Crippen LogP contribution in [0.5, 0.6) is 5.75 Å². The van der Waals surface area contributed by atoms with Gasteiger partial charge < -0.3 is 10.4 Å². The zero-order valence-corrected chi connectivity index (χ0v) is 16.1. The molecular weight excluding hydrogens is 379 g/mol. The normalized spacial score (nSPS) is 11.7. The number of anilines is 1. The monoisotopic (exact) mass is 396 g/mol. The van der Waals surface area contributed by atoms with Gasteiger partial charge in [-0.05, 0) is 60.5 Å². The van der Waals surface area contributed by atoms with Gasteiger partial charge in [0.25, 0.3) is 5.91 Å². The average Bonchev–Trinajstić information content (AvgIpc) is 2.58. The van der Waals surface area contributed by atoms with E-state index in [2.05, 4.69) is 24.5 Å². The van der Waals surface area contributed by atoms with E-state index in [0.29, 0.717) is 22.2 Å². The highest BCUT2D eigenvalue weighted by molar-refractivity contribution is 7.80. The molecule has 0 heterocycles. The molecule has 0 unspecified atom stereocenters. The zero-order valence-electron chi connectivity index (χ0n) is 13.8. The second-order valence-corrected chi connectivity index (χ2v) is 6.85. The highest BCUT2D eigenvalue weighted by Gasteiger charge is 2.12. The fourth-order valence-electron chi connectivity index (χ4n) is 2.16. The smallest absolute Gasteiger partial charge is 0.257 e. The van der Waals surface area contributed by atoms with Crippen LogP contribution in [0, 0.1) is 0 Å². The van der Waals surface area contributed by atoms with Gasteiger partial charge in [-0.2, -0.15) is 0 Å². The van der Waals surface area contributed by atoms with Crippen molar-refractivity contribution >= 4 is 52.1 Å². The third-order valence-corrected chi connectivity index (χ3v) is 4.80. The number of carbonyl (C=O) groups is 1. The molecule has 2 aromatic carbocycles. The lowest BCUT2D eigenvalue weighted by atomic mass is 9.98. The molecule has 0 spiro atoms. The van der Waals surface area contributed by atoms with Gasteiger partial charge in [0.2, 0.25) is 0 Å². The maximum absolute atomic E-state index is 12.2. The Labute approximate surface area is 162 Å². The number of benzene rings is 2. The van der Waals surface area contributed by atoms with Crippen LogP contribution in [0.2, 0.25) is 10.0 Å². The Morgan fingerprint density at radius 3 is 2.56 bits per heavy atom. The second-order valence-electron chi connectivity index (χ2n) is 5.62. The molecule has 4 nitrogen and oxygen atoms in total. The number of thiocarbonyl (C=S) groups is 1. The summed E-state index contributed by atoms with van der Waals surface area (Å²) in [5.41, 5.74) is 1.84. The number of phenols is 1. The van der Waals surface area contributed by atoms with Gasteiger partial charge in [-0.15, -0.1) is 0 Å². The van der Waals surface area contributed by atoms with Crippen molar-refractivity contribution in [1.82, 2.24) is 5.32 Å². The third kappa shape index (κ3) is 5.08. The number of aromatic hydroxyl groups is 1. The largest absolute Gasteiger partial charge is 0.506 e. The second kappa shape index (κ2) is 8.52. The van der Waals surface area contributed by atoms with Crippen molar-refractivity contribution in [3.05, 3.63) is 57.6 Å². The molecule has 0 aliphatic rings. The zero-order chi connectivity index (χ0) is 18.6. The topological polar surface area (TPSA) is 61.4 Å². The Morgan fingerprint density at radius 1 is 1.20 bits per heavy atom. The van der Waals surface area contributed by atoms with Crippen LogP contribution >= 0.6 is 35.4 Å². The van der Waals surface area contributed by atoms with E-state index >= 15 is 0 Å². The standard InChI is InChI=1S/C18H18Cl2N2O2S/c1-3-10(2)11-5-7-16(23)15(9-11)21-18(25)22-17(24)12-4-6-13(19)14(20)8-12/h4-10,23H,3H2,1-2H3,(H2,21,22,24,25)/t10-/m0/s1. The fraction of sp³-hybridized carbons (Fsp3) is 0.222. The molecule has 0 saturated heterocycles. The molecule has 7 heteroatoms. The number of carbonyl (C=O) groups excluding carboxylic acids is 1. The summed E-state index contributed by atoms with van der Waals surface area (Å²) in [7, 11) is 0. The van der Waals surface area contributed by atoms with Crippen LogP contribution in [-0.2, 0) is 0 Å². The van der Waals surface area contributed by atoms with Crippen molar-refractivity contribution in [1.29, 1.82) is 0 Å². The lowest BCUT2D eigenvalue weighted by molar-refractivity contribution is 0.0977. The number of hydrogen-bond donors (Lipinski definition) is 3. The number of amides is 1. The molecule has 0 aromatic heterocycles. The first-order valence-electron chi connectivity index (χ1n) is 7.72. The summed E-state index contributed by atoms with van der Waals surface area (Å²) in [4.78, 5) is 12.2. The van der Waals surface area contributed by atoms with Crippen molar-refractivity contribution in [3.8, 4) is 5.75 Å². The molecule has 25 heavy (non-hydrogen) atoms. The highest BCUT2D eigenvalue weighted by Crippen LogP contribution is 2.29. The van der Waals surface area contributed by atoms with E-state index in [4.69, 9.17) is 35.4 Å². The van der Waals surface area contributed by atoms with Gasteiger partial charge in [-0.1, -0.05) is 43.1 Å². The van der Waals surface area contributed by atoms with Crippen LogP contribution in [-0.4, -0.2) is 16.1 Å². The molecular formula is C18H18Cl2N2O2S. The van der Waals surface area contributed by atoms with Gasteiger partial charge in [0.05, 0.1) is 15.7 Å². The minimum Gasteiger partial charge on any atom is -0.506 e. The lowest BCUT2D eigenvalue weighted by Crippen LogP contribution is -2.34. The van der Waals surface area contributed by atoms with Gasteiger partial charge in [0, 0.05) is 5.56 Å². The summed E-state index contributed by atoms with van der Waals surface area (Å²) < 4.78 is 0. The van der Waals surface area contributed by atoms with Crippen molar-refractivity contribution in [2.45, 2.75) is 26.2 Å². The Balaban J connectivity index is 2.09. The summed E-state index contributed by atoms with van der Waals surface area (Å²) >= 11 is 16.9. The van der Waals surface area contributed by atoms with Crippen molar-refractivity contribution in [2.24, 2.45) is 0 Å². The minimum atomic E-state index is -0.423. The Kier molecular flexibility index (Phi) is 6.64. The SMILES string of the molecule is CC[C@H](C)c1ccc(O)c(NC(=S)NC(=O)c2ccc(Cl)c(Cl)c2)c1. The van der Waals surface area contributed by atoms with E-state index < -0.39 is 5.91 Å². The van der Waals surface area contributed by atoms with E-state index in [1.165, 1.54) is 12.1 Å². The third-order valence-electron chi connectivity index (χ3n) is 3.86. The van der Waals surface area contributed by atoms with Gasteiger partial charge >= 0.3 is 0 Å². The molecule has 0 aliphatic heterocycles. The number of halogens is 2. The van der Waals surface area contributed by atoms with Crippen LogP contribution in [0.3, 0.4) is 0 Å². The first-order chi connectivity index (χ1) is 11.8. The summed E-state index contributed by atoms with van der Waals surface area (Å²) in [6.07, 6.45) is 0.975. The lowest BCUT2D eigenvalue weighted by Gasteiger charge is -2.15. The van der Waals surface area contributed by atoms with Crippen molar-refractivity contribution < 1.29 is 9.90 Å². The number of hydrogen-bond acceptors (Lipinski definition) is 3. The van der Waals surface area contributed by atoms with E-state index in [0.717, 1.165) is 12.0 Å². The van der Waals surface area contributed by atoms with E-state index in [1.807, 2.05) is 12.1 Å². The van der Waals surface area contributed by atoms with E-state index in [-0.39, 0.29) is 15.9 Å². The van der Waals surface area contributed by atoms with Crippen LogP contribution < -0.4 is 10.6 Å². The number of rotatable bonds is 4. The summed E-state index contributed by atoms with van der Waals surface area (Å²) in [5, 5.41) is 16.1. The molecule has 132 valence electrons. The summed E-state index contributed by atoms with van der Waals surface area (Å²) in [6, 6.07) is 9.84. The number of phenolic OH excluding ortho intramolecular Hbond substituents is 1. The fourth-order valence-corrected chi connectivity index (χ4v) is 2.66. The predicted molar refractivity (Wildman–Crippen MR) is 107 cm³/mol. The van der Waals surface area contributed by atoms with Gasteiger partial charge in [0.15, 0.2) is 5.11 Å². The molecule has 3 N–H and O–H groups in total. The first kappa shape index (κ1) is 19.5. The predicted octanol–water partition coefficient (Wildman–Crippen LogP) is 5.34. The van der Waals surface area contributed by atoms with Gasteiger partial charge in [-0.25, -0.2) is 0 Å². The maximum Gasteiger partial charge on any atom is 0.257 e.